The Morgan fingerprint density at radius 3 is 2.71 bits per heavy atom. The fourth-order valence-corrected chi connectivity index (χ4v) is 3.56. The molecule has 3 rings (SSSR count). The van der Waals surface area contributed by atoms with Crippen LogP contribution in [0.5, 0.6) is 0 Å². The van der Waals surface area contributed by atoms with E-state index in [0.717, 1.165) is 43.1 Å². The van der Waals surface area contributed by atoms with Gasteiger partial charge in [-0.3, -0.25) is 4.79 Å². The number of aromatic nitrogens is 2. The molecule has 0 radical (unpaired) electrons. The number of fused-ring (bicyclic) bond motifs is 1. The first kappa shape index (κ1) is 17.2. The van der Waals surface area contributed by atoms with Gasteiger partial charge in [-0.2, -0.15) is 0 Å². The second kappa shape index (κ2) is 7.53. The Morgan fingerprint density at radius 1 is 1.25 bits per heavy atom. The van der Waals surface area contributed by atoms with Gasteiger partial charge in [-0.05, 0) is 61.4 Å². The minimum atomic E-state index is -0.0929. The Balaban J connectivity index is 1.66. The van der Waals surface area contributed by atoms with Gasteiger partial charge in [-0.15, -0.1) is 0 Å². The van der Waals surface area contributed by atoms with Gasteiger partial charge >= 0.3 is 5.97 Å². The van der Waals surface area contributed by atoms with Gasteiger partial charge in [0.25, 0.3) is 0 Å². The number of carbonyl (C=O) groups is 1. The van der Waals surface area contributed by atoms with E-state index >= 15 is 0 Å². The molecule has 2 aromatic rings. The summed E-state index contributed by atoms with van der Waals surface area (Å²) in [5.74, 6) is 1.14. The zero-order valence-electron chi connectivity index (χ0n) is 13.4. The summed E-state index contributed by atoms with van der Waals surface area (Å²) in [4.78, 5) is 20.1. The highest BCUT2D eigenvalue weighted by molar-refractivity contribution is 6.31. The van der Waals surface area contributed by atoms with Crippen LogP contribution in [0.4, 0.5) is 5.82 Å². The average molecular weight is 368 g/mol. The molecule has 128 valence electrons. The predicted molar refractivity (Wildman–Crippen MR) is 95.5 cm³/mol. The predicted octanol–water partition coefficient (Wildman–Crippen LogP) is 4.33. The first-order chi connectivity index (χ1) is 11.6. The maximum absolute atomic E-state index is 11.6. The van der Waals surface area contributed by atoms with Crippen LogP contribution in [0.1, 0.15) is 25.7 Å². The Hall–Kier alpha value is -1.59. The van der Waals surface area contributed by atoms with E-state index in [1.807, 2.05) is 12.1 Å². The van der Waals surface area contributed by atoms with E-state index in [2.05, 4.69) is 15.3 Å². The quantitative estimate of drug-likeness (QED) is 0.643. The highest BCUT2D eigenvalue weighted by Gasteiger charge is 2.26. The molecule has 1 fully saturated rings. The fourth-order valence-electron chi connectivity index (χ4n) is 3.22. The molecule has 24 heavy (non-hydrogen) atoms. The monoisotopic (exact) mass is 367 g/mol. The van der Waals surface area contributed by atoms with Gasteiger partial charge in [0.15, 0.2) is 0 Å². The molecule has 1 aromatic carbocycles. The van der Waals surface area contributed by atoms with Crippen LogP contribution in [0.2, 0.25) is 10.3 Å². The lowest BCUT2D eigenvalue weighted by Crippen LogP contribution is -2.26. The molecule has 1 aliphatic carbocycles. The number of esters is 1. The zero-order chi connectivity index (χ0) is 17.1. The summed E-state index contributed by atoms with van der Waals surface area (Å²) < 4.78 is 4.83. The number of rotatable bonds is 4. The molecule has 1 heterocycles. The Labute approximate surface area is 150 Å². The van der Waals surface area contributed by atoms with Crippen molar-refractivity contribution >= 4 is 45.9 Å². The summed E-state index contributed by atoms with van der Waals surface area (Å²) in [6, 6.07) is 5.45. The van der Waals surface area contributed by atoms with Crippen LogP contribution in [-0.4, -0.2) is 29.6 Å². The van der Waals surface area contributed by atoms with Crippen molar-refractivity contribution in [2.45, 2.75) is 25.7 Å². The third kappa shape index (κ3) is 3.90. The Morgan fingerprint density at radius 2 is 2.00 bits per heavy atom. The summed E-state index contributed by atoms with van der Waals surface area (Å²) in [6.07, 6.45) is 3.72. The van der Waals surface area contributed by atoms with Crippen LogP contribution in [0.3, 0.4) is 0 Å². The van der Waals surface area contributed by atoms with E-state index in [0.29, 0.717) is 16.8 Å². The minimum absolute atomic E-state index is 0.0411. The molecular weight excluding hydrogens is 349 g/mol. The van der Waals surface area contributed by atoms with Gasteiger partial charge in [-0.25, -0.2) is 9.97 Å². The van der Waals surface area contributed by atoms with E-state index in [1.54, 1.807) is 6.07 Å². The zero-order valence-corrected chi connectivity index (χ0v) is 14.9. The highest BCUT2D eigenvalue weighted by atomic mass is 35.5. The number of hydrogen-bond acceptors (Lipinski definition) is 5. The second-order valence-corrected chi connectivity index (χ2v) is 6.90. The van der Waals surface area contributed by atoms with Gasteiger partial charge in [0.1, 0.15) is 5.82 Å². The lowest BCUT2D eigenvalue weighted by atomic mass is 9.82. The first-order valence-electron chi connectivity index (χ1n) is 8.01. The Bertz CT molecular complexity index is 746. The number of benzene rings is 1. The number of nitrogens with one attached hydrogen (secondary N) is 1. The van der Waals surface area contributed by atoms with E-state index < -0.39 is 0 Å². The summed E-state index contributed by atoms with van der Waals surface area (Å²) in [6.45, 7) is 0.781. The average Bonchev–Trinajstić information content (AvgIpc) is 2.60. The number of hydrogen-bond donors (Lipinski definition) is 1. The SMILES string of the molecule is COC(=O)C1CCC(CNc2nc(Cl)nc3ccc(Cl)cc23)CC1. The van der Waals surface area contributed by atoms with E-state index in [1.165, 1.54) is 7.11 Å². The number of nitrogens with zero attached hydrogens (tertiary/aromatic N) is 2. The van der Waals surface area contributed by atoms with Crippen molar-refractivity contribution in [1.29, 1.82) is 0 Å². The molecule has 1 aromatic heterocycles. The maximum atomic E-state index is 11.6. The van der Waals surface area contributed by atoms with Crippen LogP contribution in [0.15, 0.2) is 18.2 Å². The number of methoxy groups -OCH3 is 1. The van der Waals surface area contributed by atoms with Crippen molar-refractivity contribution in [3.8, 4) is 0 Å². The lowest BCUT2D eigenvalue weighted by molar-refractivity contribution is -0.146. The van der Waals surface area contributed by atoms with Gasteiger partial charge in [0.05, 0.1) is 18.5 Å². The van der Waals surface area contributed by atoms with Crippen LogP contribution in [0, 0.1) is 11.8 Å². The molecule has 0 spiro atoms. The largest absolute Gasteiger partial charge is 0.469 e. The highest BCUT2D eigenvalue weighted by Crippen LogP contribution is 2.31. The maximum Gasteiger partial charge on any atom is 0.308 e. The Kier molecular flexibility index (Phi) is 5.41. The van der Waals surface area contributed by atoms with Crippen molar-refractivity contribution in [2.75, 3.05) is 19.0 Å². The molecule has 0 aliphatic heterocycles. The first-order valence-corrected chi connectivity index (χ1v) is 8.77. The normalized spacial score (nSPS) is 20.8. The molecule has 1 aliphatic rings. The second-order valence-electron chi connectivity index (χ2n) is 6.12. The molecule has 0 unspecified atom stereocenters. The van der Waals surface area contributed by atoms with Crippen molar-refractivity contribution < 1.29 is 9.53 Å². The standard InChI is InChI=1S/C17H19Cl2N3O2/c1-24-16(23)11-4-2-10(3-5-11)9-20-15-13-8-12(18)6-7-14(13)21-17(19)22-15/h6-8,10-11H,2-5,9H2,1H3,(H,20,21,22). The molecule has 7 heteroatoms. The number of ether oxygens (including phenoxy) is 1. The van der Waals surface area contributed by atoms with Crippen molar-refractivity contribution in [3.63, 3.8) is 0 Å². The van der Waals surface area contributed by atoms with Crippen molar-refractivity contribution in [2.24, 2.45) is 11.8 Å². The number of anilines is 1. The van der Waals surface area contributed by atoms with Crippen LogP contribution < -0.4 is 5.32 Å². The van der Waals surface area contributed by atoms with Crippen molar-refractivity contribution in [1.82, 2.24) is 9.97 Å². The number of carbonyl (C=O) groups excluding carboxylic acids is 1. The summed E-state index contributed by atoms with van der Waals surface area (Å²) >= 11 is 12.1. The molecule has 0 bridgehead atoms. The van der Waals surface area contributed by atoms with Gasteiger partial charge in [0.2, 0.25) is 5.28 Å². The minimum Gasteiger partial charge on any atom is -0.469 e. The van der Waals surface area contributed by atoms with Gasteiger partial charge < -0.3 is 10.1 Å². The molecule has 0 atom stereocenters. The molecule has 1 N–H and O–H groups in total. The number of halogens is 2. The van der Waals surface area contributed by atoms with Crippen LogP contribution >= 0.6 is 23.2 Å². The van der Waals surface area contributed by atoms with Crippen LogP contribution in [0.25, 0.3) is 10.9 Å². The molecule has 5 nitrogen and oxygen atoms in total. The smallest absolute Gasteiger partial charge is 0.308 e. The summed E-state index contributed by atoms with van der Waals surface area (Å²) in [7, 11) is 1.45. The third-order valence-electron chi connectivity index (χ3n) is 4.57. The summed E-state index contributed by atoms with van der Waals surface area (Å²) in [5.41, 5.74) is 0.760. The van der Waals surface area contributed by atoms with Crippen LogP contribution in [-0.2, 0) is 9.53 Å². The topological polar surface area (TPSA) is 64.1 Å². The molecule has 1 saturated carbocycles. The van der Waals surface area contributed by atoms with E-state index in [-0.39, 0.29) is 17.2 Å². The molecule has 0 saturated heterocycles. The molecule has 0 amide bonds. The van der Waals surface area contributed by atoms with Crippen molar-refractivity contribution in [3.05, 3.63) is 28.5 Å². The third-order valence-corrected chi connectivity index (χ3v) is 4.97. The van der Waals surface area contributed by atoms with E-state index in [4.69, 9.17) is 27.9 Å². The lowest BCUT2D eigenvalue weighted by Gasteiger charge is -2.27. The van der Waals surface area contributed by atoms with Gasteiger partial charge in [-0.1, -0.05) is 11.6 Å². The fraction of sp³-hybridized carbons (Fsp3) is 0.471. The van der Waals surface area contributed by atoms with Gasteiger partial charge in [0, 0.05) is 17.0 Å². The molecular formula is C17H19Cl2N3O2. The summed E-state index contributed by atoms with van der Waals surface area (Å²) in [5, 5.41) is 5.07. The van der Waals surface area contributed by atoms with E-state index in [9.17, 15) is 4.79 Å².